The molecule has 0 bridgehead atoms. The molecule has 1 aliphatic heterocycles. The standard InChI is InChI=1S/C60H40N4S/c1-59(2)47-25-13-11-24-44(47)46-32-52-56(33-50(46)59)65-55-28-16-15-27-49(55)60(52)48-26-14-12-23-43(48)41-21-9-10-22-42(41)45-30-29-39(31-51(45)60)54-34-53(37-17-5-3-6-18-37)63-58(64-54)40-35-61-57(62-36-40)38-19-7-4-8-20-38/h3-36H,1-2H3. The number of aromatic nitrogens is 4. The molecule has 4 nitrogen and oxygen atoms in total. The minimum absolute atomic E-state index is 0.136. The Hall–Kier alpha value is -7.73. The van der Waals surface area contributed by atoms with Crippen LogP contribution in [0.4, 0.5) is 0 Å². The molecule has 8 aromatic carbocycles. The molecule has 5 heteroatoms. The van der Waals surface area contributed by atoms with Crippen LogP contribution in [0.1, 0.15) is 47.2 Å². The van der Waals surface area contributed by atoms with Gasteiger partial charge in [0.15, 0.2) is 11.6 Å². The van der Waals surface area contributed by atoms with Crippen molar-refractivity contribution < 1.29 is 0 Å². The lowest BCUT2D eigenvalue weighted by Crippen LogP contribution is -2.35. The molecule has 1 unspecified atom stereocenters. The summed E-state index contributed by atoms with van der Waals surface area (Å²) in [4.78, 5) is 22.7. The summed E-state index contributed by atoms with van der Waals surface area (Å²) in [6, 6.07) is 70.8. The number of nitrogens with zero attached hydrogens (tertiary/aromatic N) is 4. The van der Waals surface area contributed by atoms with Crippen molar-refractivity contribution in [1.29, 1.82) is 0 Å². The van der Waals surface area contributed by atoms with Crippen molar-refractivity contribution in [2.24, 2.45) is 0 Å². The third kappa shape index (κ3) is 5.65. The van der Waals surface area contributed by atoms with Gasteiger partial charge >= 0.3 is 0 Å². The fraction of sp³-hybridized carbons (Fsp3) is 0.0667. The van der Waals surface area contributed by atoms with Crippen LogP contribution in [0.5, 0.6) is 0 Å². The molecule has 1 atom stereocenters. The average Bonchev–Trinajstić information content (AvgIpc) is 3.53. The van der Waals surface area contributed by atoms with Crippen LogP contribution in [0, 0.1) is 0 Å². The zero-order valence-corrected chi connectivity index (χ0v) is 36.6. The second kappa shape index (κ2) is 14.4. The molecule has 65 heavy (non-hydrogen) atoms. The second-order valence-corrected chi connectivity index (χ2v) is 18.8. The van der Waals surface area contributed by atoms with E-state index >= 15 is 0 Å². The molecule has 3 heterocycles. The predicted octanol–water partition coefficient (Wildman–Crippen LogP) is 14.7. The van der Waals surface area contributed by atoms with Crippen LogP contribution in [-0.4, -0.2) is 19.9 Å². The number of hydrogen-bond donors (Lipinski definition) is 0. The van der Waals surface area contributed by atoms with Crippen LogP contribution < -0.4 is 0 Å². The summed E-state index contributed by atoms with van der Waals surface area (Å²) in [5.74, 6) is 1.23. The Kier molecular flexibility index (Phi) is 8.37. The van der Waals surface area contributed by atoms with Gasteiger partial charge in [0.05, 0.1) is 22.4 Å². The summed E-state index contributed by atoms with van der Waals surface area (Å²) in [6.45, 7) is 4.76. The van der Waals surface area contributed by atoms with Gasteiger partial charge in [-0.05, 0) is 97.1 Å². The molecular formula is C60H40N4S. The quantitative estimate of drug-likeness (QED) is 0.177. The molecule has 306 valence electrons. The van der Waals surface area contributed by atoms with E-state index < -0.39 is 5.41 Å². The van der Waals surface area contributed by atoms with Crippen molar-refractivity contribution in [3.05, 3.63) is 240 Å². The van der Waals surface area contributed by atoms with E-state index in [1.807, 2.05) is 60.6 Å². The van der Waals surface area contributed by atoms with Gasteiger partial charge < -0.3 is 0 Å². The third-order valence-electron chi connectivity index (χ3n) is 13.9. The lowest BCUT2D eigenvalue weighted by atomic mass is 9.62. The van der Waals surface area contributed by atoms with Gasteiger partial charge in [0.2, 0.25) is 0 Å². The number of fused-ring (bicyclic) bond motifs is 14. The Morgan fingerprint density at radius 1 is 0.338 bits per heavy atom. The van der Waals surface area contributed by atoms with E-state index in [1.165, 1.54) is 76.6 Å². The van der Waals surface area contributed by atoms with Gasteiger partial charge in [-0.25, -0.2) is 19.9 Å². The summed E-state index contributed by atoms with van der Waals surface area (Å²) < 4.78 is 0. The van der Waals surface area contributed by atoms with E-state index in [9.17, 15) is 0 Å². The SMILES string of the molecule is CC1(C)c2ccccc2-c2cc3c(cc21)Sc1ccccc1C31c2ccccc2-c2ccccc2-c2ccc(-c3cc(-c4ccccc4)nc(-c4cnc(-c5ccccc5)nc4)n3)cc21. The molecule has 2 aliphatic carbocycles. The summed E-state index contributed by atoms with van der Waals surface area (Å²) >= 11 is 1.90. The highest BCUT2D eigenvalue weighted by atomic mass is 32.2. The fourth-order valence-electron chi connectivity index (χ4n) is 10.9. The molecule has 0 fully saturated rings. The Labute approximate surface area is 382 Å². The van der Waals surface area contributed by atoms with Crippen LogP contribution >= 0.6 is 11.8 Å². The normalized spacial score (nSPS) is 15.7. The first-order chi connectivity index (χ1) is 32.0. The van der Waals surface area contributed by atoms with Crippen LogP contribution in [-0.2, 0) is 10.8 Å². The largest absolute Gasteiger partial charge is 0.236 e. The summed E-state index contributed by atoms with van der Waals surface area (Å²) in [7, 11) is 0. The molecule has 13 rings (SSSR count). The molecule has 10 aromatic rings. The topological polar surface area (TPSA) is 51.6 Å². The Morgan fingerprint density at radius 3 is 1.60 bits per heavy atom. The highest BCUT2D eigenvalue weighted by Crippen LogP contribution is 2.63. The van der Waals surface area contributed by atoms with Gasteiger partial charge in [0.25, 0.3) is 0 Å². The maximum atomic E-state index is 5.38. The maximum Gasteiger partial charge on any atom is 0.163 e. The average molecular weight is 849 g/mol. The van der Waals surface area contributed by atoms with Crippen molar-refractivity contribution in [2.45, 2.75) is 34.5 Å². The maximum absolute atomic E-state index is 5.38. The minimum atomic E-state index is -0.700. The van der Waals surface area contributed by atoms with Gasteiger partial charge in [-0.3, -0.25) is 0 Å². The van der Waals surface area contributed by atoms with Crippen LogP contribution in [0.15, 0.2) is 216 Å². The Bertz CT molecular complexity index is 3540. The highest BCUT2D eigenvalue weighted by Gasteiger charge is 2.50. The summed E-state index contributed by atoms with van der Waals surface area (Å²) in [6.07, 6.45) is 3.68. The van der Waals surface area contributed by atoms with Crippen molar-refractivity contribution in [2.75, 3.05) is 0 Å². The number of rotatable bonds is 4. The van der Waals surface area contributed by atoms with Crippen LogP contribution in [0.3, 0.4) is 0 Å². The summed E-state index contributed by atoms with van der Waals surface area (Å²) in [5.41, 5.74) is 19.9. The van der Waals surface area contributed by atoms with Crippen LogP contribution in [0.25, 0.3) is 78.7 Å². The van der Waals surface area contributed by atoms with Gasteiger partial charge in [-0.1, -0.05) is 189 Å². The van der Waals surface area contributed by atoms with E-state index in [2.05, 4.69) is 172 Å². The molecule has 1 spiro atoms. The van der Waals surface area contributed by atoms with Crippen molar-refractivity contribution in [3.8, 4) is 78.7 Å². The lowest BCUT2D eigenvalue weighted by molar-refractivity contribution is 0.653. The Morgan fingerprint density at radius 2 is 0.892 bits per heavy atom. The zero-order chi connectivity index (χ0) is 43.3. The first-order valence-electron chi connectivity index (χ1n) is 22.2. The first-order valence-corrected chi connectivity index (χ1v) is 23.0. The van der Waals surface area contributed by atoms with E-state index in [1.54, 1.807) is 0 Å². The van der Waals surface area contributed by atoms with Gasteiger partial charge in [-0.2, -0.15) is 0 Å². The zero-order valence-electron chi connectivity index (χ0n) is 35.8. The molecule has 0 N–H and O–H groups in total. The lowest BCUT2D eigenvalue weighted by Gasteiger charge is -2.43. The van der Waals surface area contributed by atoms with Crippen molar-refractivity contribution >= 4 is 11.8 Å². The van der Waals surface area contributed by atoms with Crippen molar-refractivity contribution in [3.63, 3.8) is 0 Å². The van der Waals surface area contributed by atoms with Crippen LogP contribution in [0.2, 0.25) is 0 Å². The predicted molar refractivity (Wildman–Crippen MR) is 264 cm³/mol. The first kappa shape index (κ1) is 37.8. The monoisotopic (exact) mass is 848 g/mol. The number of hydrogen-bond acceptors (Lipinski definition) is 5. The van der Waals surface area contributed by atoms with E-state index in [0.717, 1.165) is 33.6 Å². The molecular weight excluding hydrogens is 809 g/mol. The van der Waals surface area contributed by atoms with E-state index in [0.29, 0.717) is 11.6 Å². The molecule has 0 saturated heterocycles. The molecule has 0 radical (unpaired) electrons. The third-order valence-corrected chi connectivity index (χ3v) is 15.0. The fourth-order valence-corrected chi connectivity index (χ4v) is 12.1. The molecule has 2 aromatic heterocycles. The Balaban J connectivity index is 1.11. The van der Waals surface area contributed by atoms with Gasteiger partial charge in [0.1, 0.15) is 0 Å². The molecule has 0 saturated carbocycles. The van der Waals surface area contributed by atoms with E-state index in [4.69, 9.17) is 19.9 Å². The smallest absolute Gasteiger partial charge is 0.163 e. The minimum Gasteiger partial charge on any atom is -0.236 e. The van der Waals surface area contributed by atoms with Gasteiger partial charge in [-0.15, -0.1) is 0 Å². The highest BCUT2D eigenvalue weighted by molar-refractivity contribution is 7.99. The molecule has 0 amide bonds. The van der Waals surface area contributed by atoms with E-state index in [-0.39, 0.29) is 5.41 Å². The second-order valence-electron chi connectivity index (χ2n) is 17.8. The molecule has 3 aliphatic rings. The summed E-state index contributed by atoms with van der Waals surface area (Å²) in [5, 5.41) is 0. The van der Waals surface area contributed by atoms with Gasteiger partial charge in [0, 0.05) is 44.3 Å². The number of benzene rings is 8. The van der Waals surface area contributed by atoms with Crippen molar-refractivity contribution in [1.82, 2.24) is 19.9 Å².